The lowest BCUT2D eigenvalue weighted by molar-refractivity contribution is 0.0696. The van der Waals surface area contributed by atoms with Gasteiger partial charge in [-0.3, -0.25) is 4.79 Å². The molecule has 0 aliphatic rings. The Morgan fingerprint density at radius 1 is 0.738 bits per heavy atom. The third kappa shape index (κ3) is 7.01. The number of hydrogen-bond donors (Lipinski definition) is 1. The van der Waals surface area contributed by atoms with Gasteiger partial charge in [-0.15, -0.1) is 0 Å². The molecule has 0 fully saturated rings. The van der Waals surface area contributed by atoms with Gasteiger partial charge in [-0.05, 0) is 65.4 Å². The number of methoxy groups -OCH3 is 4. The van der Waals surface area contributed by atoms with Gasteiger partial charge in [-0.2, -0.15) is 0 Å². The van der Waals surface area contributed by atoms with Crippen molar-refractivity contribution in [3.05, 3.63) is 107 Å². The summed E-state index contributed by atoms with van der Waals surface area (Å²) in [5.41, 5.74) is 4.15. The lowest BCUT2D eigenvalue weighted by Crippen LogP contribution is -2.32. The summed E-state index contributed by atoms with van der Waals surface area (Å²) >= 11 is 0. The number of aryl methyl sites for hydroxylation is 1. The molecule has 0 spiro atoms. The predicted octanol–water partition coefficient (Wildman–Crippen LogP) is 6.36. The van der Waals surface area contributed by atoms with E-state index in [0.29, 0.717) is 41.5 Å². The first-order chi connectivity index (χ1) is 20.4. The molecular weight excluding hydrogens is 534 g/mol. The van der Waals surface area contributed by atoms with Crippen molar-refractivity contribution in [2.24, 2.45) is 0 Å². The minimum atomic E-state index is -0.978. The third-order valence-electron chi connectivity index (χ3n) is 7.05. The fraction of sp³-hybridized carbons (Fsp3) is 0.235. The second kappa shape index (κ2) is 14.1. The fourth-order valence-corrected chi connectivity index (χ4v) is 4.84. The van der Waals surface area contributed by atoms with E-state index in [4.69, 9.17) is 18.9 Å². The molecule has 0 saturated carbocycles. The van der Waals surface area contributed by atoms with Crippen LogP contribution in [0.3, 0.4) is 0 Å². The van der Waals surface area contributed by atoms with Crippen molar-refractivity contribution >= 4 is 11.9 Å². The number of nitrogens with zero attached hydrogens (tertiary/aromatic N) is 1. The summed E-state index contributed by atoms with van der Waals surface area (Å²) in [6.45, 7) is 0.865. The van der Waals surface area contributed by atoms with Gasteiger partial charge in [0.15, 0.2) is 11.5 Å². The molecule has 4 aromatic carbocycles. The normalized spacial score (nSPS) is 10.6. The van der Waals surface area contributed by atoms with Crippen molar-refractivity contribution in [3.8, 4) is 34.1 Å². The molecule has 1 N–H and O–H groups in total. The first-order valence-corrected chi connectivity index (χ1v) is 13.5. The molecule has 0 radical (unpaired) electrons. The lowest BCUT2D eigenvalue weighted by Gasteiger charge is -2.24. The number of aromatic carboxylic acids is 1. The largest absolute Gasteiger partial charge is 0.497 e. The molecule has 0 saturated heterocycles. The Morgan fingerprint density at radius 3 is 1.93 bits per heavy atom. The lowest BCUT2D eigenvalue weighted by atomic mass is 9.98. The second-order valence-electron chi connectivity index (χ2n) is 9.64. The van der Waals surface area contributed by atoms with Crippen LogP contribution in [0.2, 0.25) is 0 Å². The van der Waals surface area contributed by atoms with E-state index < -0.39 is 5.97 Å². The number of carbonyl (C=O) groups excluding carboxylic acids is 1. The third-order valence-corrected chi connectivity index (χ3v) is 7.05. The summed E-state index contributed by atoms with van der Waals surface area (Å²) in [6.07, 6.45) is 1.53. The molecular formula is C34H35NO7. The number of rotatable bonds is 13. The summed E-state index contributed by atoms with van der Waals surface area (Å²) in [5.74, 6) is 0.866. The van der Waals surface area contributed by atoms with Crippen LogP contribution in [-0.2, 0) is 13.0 Å². The van der Waals surface area contributed by atoms with Crippen LogP contribution >= 0.6 is 0 Å². The maximum absolute atomic E-state index is 13.9. The highest BCUT2D eigenvalue weighted by atomic mass is 16.5. The van der Waals surface area contributed by atoms with Gasteiger partial charge >= 0.3 is 5.97 Å². The highest BCUT2D eigenvalue weighted by Crippen LogP contribution is 2.38. The minimum Gasteiger partial charge on any atom is -0.497 e. The first kappa shape index (κ1) is 30.0. The smallest absolute Gasteiger partial charge is 0.336 e. The number of carbonyl (C=O) groups is 2. The molecule has 218 valence electrons. The van der Waals surface area contributed by atoms with Crippen LogP contribution in [0.5, 0.6) is 23.0 Å². The highest BCUT2D eigenvalue weighted by molar-refractivity contribution is 5.96. The molecule has 0 aliphatic carbocycles. The van der Waals surface area contributed by atoms with Crippen molar-refractivity contribution in [2.45, 2.75) is 19.4 Å². The van der Waals surface area contributed by atoms with Crippen LogP contribution in [0.4, 0.5) is 0 Å². The van der Waals surface area contributed by atoms with E-state index in [0.717, 1.165) is 35.3 Å². The van der Waals surface area contributed by atoms with Crippen molar-refractivity contribution < 1.29 is 33.6 Å². The van der Waals surface area contributed by atoms with Crippen molar-refractivity contribution in [3.63, 3.8) is 0 Å². The summed E-state index contributed by atoms with van der Waals surface area (Å²) in [6, 6.07) is 25.7. The Labute approximate surface area is 246 Å². The first-order valence-electron chi connectivity index (χ1n) is 13.5. The zero-order chi connectivity index (χ0) is 30.1. The highest BCUT2D eigenvalue weighted by Gasteiger charge is 2.22. The number of hydrogen-bond acceptors (Lipinski definition) is 6. The minimum absolute atomic E-state index is 0.177. The Bertz CT molecular complexity index is 1490. The van der Waals surface area contributed by atoms with Gasteiger partial charge in [0.25, 0.3) is 5.91 Å². The number of carboxylic acids is 1. The summed E-state index contributed by atoms with van der Waals surface area (Å²) < 4.78 is 21.6. The van der Waals surface area contributed by atoms with E-state index in [1.54, 1.807) is 42.3 Å². The molecule has 8 heteroatoms. The molecule has 1 amide bonds. The van der Waals surface area contributed by atoms with Gasteiger partial charge < -0.3 is 29.0 Å². The van der Waals surface area contributed by atoms with Crippen LogP contribution in [-0.4, -0.2) is 56.9 Å². The van der Waals surface area contributed by atoms with Gasteiger partial charge in [0, 0.05) is 18.7 Å². The molecule has 4 aromatic rings. The second-order valence-corrected chi connectivity index (χ2v) is 9.64. The topological polar surface area (TPSA) is 94.5 Å². The van der Waals surface area contributed by atoms with E-state index in [1.807, 2.05) is 54.6 Å². The maximum atomic E-state index is 13.9. The monoisotopic (exact) mass is 569 g/mol. The van der Waals surface area contributed by atoms with Crippen LogP contribution in [0.15, 0.2) is 84.9 Å². The fourth-order valence-electron chi connectivity index (χ4n) is 4.84. The maximum Gasteiger partial charge on any atom is 0.336 e. The van der Waals surface area contributed by atoms with Gasteiger partial charge in [0.05, 0.1) is 34.0 Å². The van der Waals surface area contributed by atoms with E-state index in [2.05, 4.69) is 0 Å². The molecule has 0 aliphatic heterocycles. The van der Waals surface area contributed by atoms with Gasteiger partial charge in [-0.25, -0.2) is 4.79 Å². The van der Waals surface area contributed by atoms with Gasteiger partial charge in [-0.1, -0.05) is 54.6 Å². The zero-order valence-corrected chi connectivity index (χ0v) is 24.3. The molecule has 0 heterocycles. The molecule has 42 heavy (non-hydrogen) atoms. The summed E-state index contributed by atoms with van der Waals surface area (Å²) in [7, 11) is 6.19. The van der Waals surface area contributed by atoms with Crippen LogP contribution in [0, 0.1) is 0 Å². The van der Waals surface area contributed by atoms with E-state index in [9.17, 15) is 14.7 Å². The summed E-state index contributed by atoms with van der Waals surface area (Å²) in [4.78, 5) is 27.4. The molecule has 0 bridgehead atoms. The average molecular weight is 570 g/mol. The quantitative estimate of drug-likeness (QED) is 0.200. The zero-order valence-electron chi connectivity index (χ0n) is 24.3. The molecule has 0 unspecified atom stereocenters. The SMILES string of the molecule is COc1ccc(CCCN(Cc2ccc(-c3ccccc3C(=O)O)cc2)C(=O)c2cc(OC)c(OC)c(OC)c2)cc1. The Hall–Kier alpha value is -4.98. The average Bonchev–Trinajstić information content (AvgIpc) is 3.03. The van der Waals surface area contributed by atoms with Crippen molar-refractivity contribution in [2.75, 3.05) is 35.0 Å². The van der Waals surface area contributed by atoms with E-state index in [-0.39, 0.29) is 11.5 Å². The molecule has 4 rings (SSSR count). The number of ether oxygens (including phenoxy) is 4. The van der Waals surface area contributed by atoms with Gasteiger partial charge in [0.2, 0.25) is 5.75 Å². The molecule has 0 atom stereocenters. The van der Waals surface area contributed by atoms with Crippen LogP contribution < -0.4 is 18.9 Å². The number of amides is 1. The van der Waals surface area contributed by atoms with E-state index >= 15 is 0 Å². The van der Waals surface area contributed by atoms with Gasteiger partial charge in [0.1, 0.15) is 5.75 Å². The van der Waals surface area contributed by atoms with E-state index in [1.165, 1.54) is 21.3 Å². The standard InChI is InChI=1S/C34H35NO7/c1-39-27-17-13-23(14-18-27)8-7-19-35(33(36)26-20-30(40-2)32(42-4)31(21-26)41-3)22-24-11-15-25(16-12-24)28-9-5-6-10-29(28)34(37)38/h5-6,9-18,20-21H,7-8,19,22H2,1-4H3,(H,37,38). The Balaban J connectivity index is 1.60. The number of carboxylic acid groups (broad SMARTS) is 1. The Kier molecular flexibility index (Phi) is 10.1. The number of benzene rings is 4. The summed E-state index contributed by atoms with van der Waals surface area (Å²) in [5, 5.41) is 9.59. The van der Waals surface area contributed by atoms with Crippen molar-refractivity contribution in [1.82, 2.24) is 4.90 Å². The predicted molar refractivity (Wildman–Crippen MR) is 161 cm³/mol. The Morgan fingerprint density at radius 2 is 1.36 bits per heavy atom. The molecule has 8 nitrogen and oxygen atoms in total. The molecule has 0 aromatic heterocycles. The van der Waals surface area contributed by atoms with Crippen LogP contribution in [0.25, 0.3) is 11.1 Å². The van der Waals surface area contributed by atoms with Crippen molar-refractivity contribution in [1.29, 1.82) is 0 Å². The van der Waals surface area contributed by atoms with Crippen LogP contribution in [0.1, 0.15) is 38.3 Å².